The number of rotatable bonds is 4. The van der Waals surface area contributed by atoms with E-state index in [4.69, 9.17) is 16.9 Å². The fourth-order valence-corrected chi connectivity index (χ4v) is 2.93. The Morgan fingerprint density at radius 3 is 2.89 bits per heavy atom. The summed E-state index contributed by atoms with van der Waals surface area (Å²) in [6.45, 7) is 0.956. The summed E-state index contributed by atoms with van der Waals surface area (Å²) in [7, 11) is 0. The minimum absolute atomic E-state index is 0.393. The van der Waals surface area contributed by atoms with Gasteiger partial charge in [0, 0.05) is 6.54 Å². The highest BCUT2D eigenvalue weighted by atomic mass is 35.5. The molecule has 1 heterocycles. The third-order valence-electron chi connectivity index (χ3n) is 4.08. The van der Waals surface area contributed by atoms with E-state index < -0.39 is 0 Å². The molecule has 0 amide bonds. The van der Waals surface area contributed by atoms with Crippen LogP contribution in [0.3, 0.4) is 0 Å². The van der Waals surface area contributed by atoms with Crippen molar-refractivity contribution in [3.63, 3.8) is 0 Å². The number of hydrogen-bond donors (Lipinski definition) is 0. The van der Waals surface area contributed by atoms with E-state index in [-0.39, 0.29) is 0 Å². The van der Waals surface area contributed by atoms with Crippen LogP contribution in [0.4, 0.5) is 0 Å². The number of nitrogens with zero attached hydrogens (tertiary/aromatic N) is 3. The number of nitriles is 1. The number of fused-ring (bicyclic) bond motifs is 1. The Labute approximate surface area is 117 Å². The van der Waals surface area contributed by atoms with Crippen molar-refractivity contribution in [2.45, 2.75) is 38.1 Å². The van der Waals surface area contributed by atoms with E-state index in [0.717, 1.165) is 29.3 Å². The molecule has 2 aromatic rings. The molecule has 4 heteroatoms. The first kappa shape index (κ1) is 12.5. The first-order chi connectivity index (χ1) is 9.33. The van der Waals surface area contributed by atoms with Gasteiger partial charge in [-0.25, -0.2) is 4.98 Å². The van der Waals surface area contributed by atoms with Crippen molar-refractivity contribution in [1.82, 2.24) is 9.55 Å². The van der Waals surface area contributed by atoms with Crippen LogP contribution in [-0.4, -0.2) is 9.55 Å². The Bertz CT molecular complexity index is 635. The van der Waals surface area contributed by atoms with Gasteiger partial charge in [-0.1, -0.05) is 25.3 Å². The van der Waals surface area contributed by atoms with Gasteiger partial charge in [0.15, 0.2) is 0 Å². The van der Waals surface area contributed by atoms with Crippen LogP contribution in [0.5, 0.6) is 0 Å². The van der Waals surface area contributed by atoms with Crippen molar-refractivity contribution in [2.24, 2.45) is 5.92 Å². The highest BCUT2D eigenvalue weighted by Crippen LogP contribution is 2.31. The van der Waals surface area contributed by atoms with Crippen LogP contribution in [0.15, 0.2) is 18.2 Å². The van der Waals surface area contributed by atoms with E-state index in [1.165, 1.54) is 25.7 Å². The lowest BCUT2D eigenvalue weighted by Gasteiger charge is -2.25. The fraction of sp³-hybridized carbons (Fsp3) is 0.467. The molecule has 1 aliphatic rings. The lowest BCUT2D eigenvalue weighted by molar-refractivity contribution is 0.282. The first-order valence-electron chi connectivity index (χ1n) is 6.77. The van der Waals surface area contributed by atoms with Crippen LogP contribution in [0, 0.1) is 17.2 Å². The predicted molar refractivity (Wildman–Crippen MR) is 76.0 cm³/mol. The summed E-state index contributed by atoms with van der Waals surface area (Å²) in [6, 6.07) is 7.96. The molecule has 0 atom stereocenters. The summed E-state index contributed by atoms with van der Waals surface area (Å²) >= 11 is 6.00. The van der Waals surface area contributed by atoms with Gasteiger partial charge in [-0.15, -0.1) is 11.6 Å². The molecule has 3 rings (SSSR count). The molecule has 0 N–H and O–H groups in total. The third kappa shape index (κ3) is 2.21. The van der Waals surface area contributed by atoms with E-state index in [1.807, 2.05) is 18.2 Å². The molecule has 0 radical (unpaired) electrons. The maximum Gasteiger partial charge on any atom is 0.124 e. The Hall–Kier alpha value is -1.53. The van der Waals surface area contributed by atoms with E-state index in [1.54, 1.807) is 0 Å². The molecule has 0 unspecified atom stereocenters. The Morgan fingerprint density at radius 1 is 1.42 bits per heavy atom. The van der Waals surface area contributed by atoms with Crippen molar-refractivity contribution >= 4 is 22.6 Å². The van der Waals surface area contributed by atoms with Crippen molar-refractivity contribution < 1.29 is 0 Å². The zero-order chi connectivity index (χ0) is 13.2. The molecule has 19 heavy (non-hydrogen) atoms. The molecular weight excluding hydrogens is 258 g/mol. The average molecular weight is 274 g/mol. The van der Waals surface area contributed by atoms with E-state index in [0.29, 0.717) is 11.4 Å². The number of aromatic nitrogens is 2. The highest BCUT2D eigenvalue weighted by molar-refractivity contribution is 6.16. The molecule has 0 bridgehead atoms. The number of imidazole rings is 1. The molecule has 1 saturated carbocycles. The predicted octanol–water partition coefficient (Wildman–Crippen LogP) is 3.84. The van der Waals surface area contributed by atoms with Gasteiger partial charge in [0.25, 0.3) is 0 Å². The molecule has 1 aromatic heterocycles. The summed E-state index contributed by atoms with van der Waals surface area (Å²) in [6.07, 6.45) is 5.26. The largest absolute Gasteiger partial charge is 0.327 e. The van der Waals surface area contributed by atoms with Crippen LogP contribution in [-0.2, 0) is 12.4 Å². The van der Waals surface area contributed by atoms with Crippen LogP contribution in [0.25, 0.3) is 11.0 Å². The van der Waals surface area contributed by atoms with E-state index in [9.17, 15) is 0 Å². The number of alkyl halides is 1. The maximum atomic E-state index is 9.14. The molecule has 0 aliphatic heterocycles. The number of para-hydroxylation sites is 1. The van der Waals surface area contributed by atoms with Gasteiger partial charge < -0.3 is 4.57 Å². The van der Waals surface area contributed by atoms with Crippen LogP contribution in [0.2, 0.25) is 0 Å². The summed E-state index contributed by atoms with van der Waals surface area (Å²) < 4.78 is 2.18. The number of benzene rings is 1. The summed E-state index contributed by atoms with van der Waals surface area (Å²) in [5.41, 5.74) is 2.45. The first-order valence-corrected chi connectivity index (χ1v) is 7.31. The second-order valence-electron chi connectivity index (χ2n) is 5.18. The monoisotopic (exact) mass is 273 g/mol. The lowest BCUT2D eigenvalue weighted by atomic mass is 9.83. The minimum atomic E-state index is 0.393. The zero-order valence-corrected chi connectivity index (χ0v) is 11.5. The summed E-state index contributed by atoms with van der Waals surface area (Å²) in [5, 5.41) is 9.14. The number of hydrogen-bond acceptors (Lipinski definition) is 2. The summed E-state index contributed by atoms with van der Waals surface area (Å²) in [5.74, 6) is 2.13. The van der Waals surface area contributed by atoms with Crippen molar-refractivity contribution in [3.8, 4) is 6.07 Å². The van der Waals surface area contributed by atoms with Gasteiger partial charge in [-0.2, -0.15) is 5.26 Å². The Balaban J connectivity index is 1.98. The summed E-state index contributed by atoms with van der Waals surface area (Å²) in [4.78, 5) is 4.53. The highest BCUT2D eigenvalue weighted by Gasteiger charge is 2.19. The van der Waals surface area contributed by atoms with Gasteiger partial charge >= 0.3 is 0 Å². The van der Waals surface area contributed by atoms with Gasteiger partial charge in [-0.3, -0.25) is 0 Å². The molecule has 0 spiro atoms. The average Bonchev–Trinajstić information content (AvgIpc) is 2.75. The maximum absolute atomic E-state index is 9.14. The van der Waals surface area contributed by atoms with E-state index >= 15 is 0 Å². The van der Waals surface area contributed by atoms with Crippen LogP contribution < -0.4 is 0 Å². The van der Waals surface area contributed by atoms with Gasteiger partial charge in [0.05, 0.1) is 17.0 Å². The number of halogens is 1. The van der Waals surface area contributed by atoms with Gasteiger partial charge in [0.1, 0.15) is 17.4 Å². The van der Waals surface area contributed by atoms with Crippen molar-refractivity contribution in [3.05, 3.63) is 29.6 Å². The SMILES string of the molecule is N#Cc1cccc2c1nc(CCl)n2CCC1CCC1. The third-order valence-corrected chi connectivity index (χ3v) is 4.32. The minimum Gasteiger partial charge on any atom is -0.327 e. The standard InChI is InChI=1S/C15H16ClN3/c16-9-14-18-15-12(10-17)5-2-6-13(15)19(14)8-7-11-3-1-4-11/h2,5-6,11H,1,3-4,7-9H2. The normalized spacial score (nSPS) is 15.4. The topological polar surface area (TPSA) is 41.6 Å². The Kier molecular flexibility index (Phi) is 3.44. The zero-order valence-electron chi connectivity index (χ0n) is 10.8. The molecule has 3 nitrogen and oxygen atoms in total. The van der Waals surface area contributed by atoms with Gasteiger partial charge in [-0.05, 0) is 24.5 Å². The van der Waals surface area contributed by atoms with Crippen LogP contribution >= 0.6 is 11.6 Å². The molecular formula is C15H16ClN3. The van der Waals surface area contributed by atoms with Crippen molar-refractivity contribution in [2.75, 3.05) is 0 Å². The van der Waals surface area contributed by atoms with Crippen molar-refractivity contribution in [1.29, 1.82) is 5.26 Å². The Morgan fingerprint density at radius 2 is 2.26 bits per heavy atom. The van der Waals surface area contributed by atoms with Crippen LogP contribution in [0.1, 0.15) is 37.1 Å². The quantitative estimate of drug-likeness (QED) is 0.794. The molecule has 98 valence electrons. The molecule has 1 aliphatic carbocycles. The second-order valence-corrected chi connectivity index (χ2v) is 5.45. The van der Waals surface area contributed by atoms with Gasteiger partial charge in [0.2, 0.25) is 0 Å². The lowest BCUT2D eigenvalue weighted by Crippen LogP contribution is -2.14. The van der Waals surface area contributed by atoms with E-state index in [2.05, 4.69) is 15.6 Å². The molecule has 1 fully saturated rings. The smallest absolute Gasteiger partial charge is 0.124 e. The molecule has 0 saturated heterocycles. The molecule has 1 aromatic carbocycles. The fourth-order valence-electron chi connectivity index (χ4n) is 2.73. The second kappa shape index (κ2) is 5.22. The number of aryl methyl sites for hydroxylation is 1.